The maximum atomic E-state index is 11.3. The van der Waals surface area contributed by atoms with Gasteiger partial charge in [-0.15, -0.1) is 16.4 Å². The average Bonchev–Trinajstić information content (AvgIpc) is 3.18. The zero-order chi connectivity index (χ0) is 15.7. The molecule has 3 aromatic heterocycles. The van der Waals surface area contributed by atoms with Crippen molar-refractivity contribution < 1.29 is 24.2 Å². The zero-order valence-electron chi connectivity index (χ0n) is 11.0. The van der Waals surface area contributed by atoms with E-state index >= 15 is 0 Å². The van der Waals surface area contributed by atoms with Crippen molar-refractivity contribution >= 4 is 23.3 Å². The van der Waals surface area contributed by atoms with Gasteiger partial charge in [0.05, 0.1) is 4.88 Å². The highest BCUT2D eigenvalue weighted by molar-refractivity contribution is 7.13. The van der Waals surface area contributed by atoms with Crippen LogP contribution in [0.1, 0.15) is 26.8 Å². The fraction of sp³-hybridized carbons (Fsp3) is 0.0769. The van der Waals surface area contributed by atoms with E-state index in [4.69, 9.17) is 9.52 Å². The molecule has 0 fully saturated rings. The standard InChI is InChI=1S/C13H9N3O5S/c17-12(18)8-4-3-7(21-8)6-16-11(9-2-1-5-22-9)10(13(19)20)14-15-16/h1-5H,6H2,(H,17,18)(H,19,20). The van der Waals surface area contributed by atoms with Gasteiger partial charge in [0.15, 0.2) is 5.69 Å². The lowest BCUT2D eigenvalue weighted by Crippen LogP contribution is -2.05. The Labute approximate surface area is 127 Å². The summed E-state index contributed by atoms with van der Waals surface area (Å²) >= 11 is 1.36. The predicted molar refractivity (Wildman–Crippen MR) is 75.1 cm³/mol. The van der Waals surface area contributed by atoms with Crippen molar-refractivity contribution in [2.75, 3.05) is 0 Å². The second kappa shape index (κ2) is 5.45. The SMILES string of the molecule is O=C(O)c1ccc(Cn2nnc(C(=O)O)c2-c2cccs2)o1. The lowest BCUT2D eigenvalue weighted by atomic mass is 10.2. The highest BCUT2D eigenvalue weighted by atomic mass is 32.1. The quantitative estimate of drug-likeness (QED) is 0.738. The number of aromatic nitrogens is 3. The van der Waals surface area contributed by atoms with E-state index < -0.39 is 11.9 Å². The molecular formula is C13H9N3O5S. The van der Waals surface area contributed by atoms with Gasteiger partial charge in [-0.05, 0) is 23.6 Å². The Hall–Kier alpha value is -2.94. The number of aromatic carboxylic acids is 2. The molecule has 9 heteroatoms. The van der Waals surface area contributed by atoms with Crippen LogP contribution in [0.25, 0.3) is 10.6 Å². The fourth-order valence-electron chi connectivity index (χ4n) is 1.95. The zero-order valence-corrected chi connectivity index (χ0v) is 11.8. The summed E-state index contributed by atoms with van der Waals surface area (Å²) in [5.74, 6) is -2.20. The number of thiophene rings is 1. The summed E-state index contributed by atoms with van der Waals surface area (Å²) in [5, 5.41) is 27.4. The lowest BCUT2D eigenvalue weighted by Gasteiger charge is -2.03. The number of carboxylic acids is 2. The monoisotopic (exact) mass is 319 g/mol. The molecule has 22 heavy (non-hydrogen) atoms. The Kier molecular flexibility index (Phi) is 3.47. The molecular weight excluding hydrogens is 310 g/mol. The smallest absolute Gasteiger partial charge is 0.371 e. The Balaban J connectivity index is 2.00. The van der Waals surface area contributed by atoms with Crippen LogP contribution in [0.2, 0.25) is 0 Å². The van der Waals surface area contributed by atoms with Gasteiger partial charge in [0.1, 0.15) is 18.0 Å². The third kappa shape index (κ3) is 2.49. The van der Waals surface area contributed by atoms with E-state index in [9.17, 15) is 14.7 Å². The number of carboxylic acid groups (broad SMARTS) is 2. The molecule has 0 saturated heterocycles. The van der Waals surface area contributed by atoms with Crippen molar-refractivity contribution in [2.45, 2.75) is 6.54 Å². The number of furan rings is 1. The maximum absolute atomic E-state index is 11.3. The molecule has 0 aromatic carbocycles. The molecule has 3 aromatic rings. The number of hydrogen-bond acceptors (Lipinski definition) is 6. The second-order valence-electron chi connectivity index (χ2n) is 4.30. The topological polar surface area (TPSA) is 118 Å². The molecule has 0 aliphatic rings. The third-order valence-corrected chi connectivity index (χ3v) is 3.75. The molecule has 0 radical (unpaired) electrons. The van der Waals surface area contributed by atoms with E-state index in [1.165, 1.54) is 28.2 Å². The average molecular weight is 319 g/mol. The first-order valence-corrected chi connectivity index (χ1v) is 6.97. The first-order valence-electron chi connectivity index (χ1n) is 6.09. The van der Waals surface area contributed by atoms with Crippen LogP contribution in [-0.2, 0) is 6.54 Å². The summed E-state index contributed by atoms with van der Waals surface area (Å²) in [5.41, 5.74) is 0.197. The highest BCUT2D eigenvalue weighted by Gasteiger charge is 2.22. The molecule has 0 unspecified atom stereocenters. The van der Waals surface area contributed by atoms with Crippen LogP contribution in [0, 0.1) is 0 Å². The minimum atomic E-state index is -1.18. The molecule has 0 atom stereocenters. The summed E-state index contributed by atoms with van der Waals surface area (Å²) in [4.78, 5) is 22.8. The molecule has 0 bridgehead atoms. The van der Waals surface area contributed by atoms with Crippen molar-refractivity contribution in [1.82, 2.24) is 15.0 Å². The molecule has 3 heterocycles. The highest BCUT2D eigenvalue weighted by Crippen LogP contribution is 2.27. The number of hydrogen-bond donors (Lipinski definition) is 2. The Morgan fingerprint density at radius 2 is 2.05 bits per heavy atom. The normalized spacial score (nSPS) is 10.7. The van der Waals surface area contributed by atoms with E-state index in [0.717, 1.165) is 0 Å². The summed E-state index contributed by atoms with van der Waals surface area (Å²) in [7, 11) is 0. The molecule has 112 valence electrons. The van der Waals surface area contributed by atoms with Crippen LogP contribution >= 0.6 is 11.3 Å². The van der Waals surface area contributed by atoms with Gasteiger partial charge >= 0.3 is 11.9 Å². The van der Waals surface area contributed by atoms with Gasteiger partial charge in [-0.1, -0.05) is 11.3 Å². The van der Waals surface area contributed by atoms with Crippen molar-refractivity contribution in [3.63, 3.8) is 0 Å². The van der Waals surface area contributed by atoms with Crippen LogP contribution in [-0.4, -0.2) is 37.1 Å². The van der Waals surface area contributed by atoms with E-state index in [0.29, 0.717) is 16.3 Å². The van der Waals surface area contributed by atoms with E-state index in [1.54, 1.807) is 12.1 Å². The number of carbonyl (C=O) groups is 2. The minimum absolute atomic E-state index is 0.0841. The van der Waals surface area contributed by atoms with Gasteiger partial charge in [-0.2, -0.15) is 0 Å². The molecule has 0 aliphatic heterocycles. The minimum Gasteiger partial charge on any atom is -0.476 e. The molecule has 0 aliphatic carbocycles. The van der Waals surface area contributed by atoms with Gasteiger partial charge in [-0.25, -0.2) is 14.3 Å². The van der Waals surface area contributed by atoms with Gasteiger partial charge < -0.3 is 14.6 Å². The van der Waals surface area contributed by atoms with Crippen LogP contribution in [0.15, 0.2) is 34.1 Å². The van der Waals surface area contributed by atoms with Gasteiger partial charge in [0.2, 0.25) is 5.76 Å². The molecule has 0 spiro atoms. The Morgan fingerprint density at radius 1 is 1.23 bits per heavy atom. The van der Waals surface area contributed by atoms with Crippen LogP contribution in [0.3, 0.4) is 0 Å². The summed E-state index contributed by atoms with van der Waals surface area (Å²) < 4.78 is 6.53. The first-order chi connectivity index (χ1) is 10.6. The molecule has 0 saturated carbocycles. The molecule has 2 N–H and O–H groups in total. The van der Waals surface area contributed by atoms with Crippen molar-refractivity contribution in [3.8, 4) is 10.6 Å². The van der Waals surface area contributed by atoms with Crippen LogP contribution in [0.4, 0.5) is 0 Å². The van der Waals surface area contributed by atoms with Crippen molar-refractivity contribution in [2.24, 2.45) is 0 Å². The Morgan fingerprint density at radius 3 is 2.64 bits per heavy atom. The fourth-order valence-corrected chi connectivity index (χ4v) is 2.72. The van der Waals surface area contributed by atoms with E-state index in [1.807, 2.05) is 5.38 Å². The summed E-state index contributed by atoms with van der Waals surface area (Å²) in [6, 6.07) is 6.39. The predicted octanol–water partition coefficient (Wildman–Crippen LogP) is 2.04. The lowest BCUT2D eigenvalue weighted by molar-refractivity contribution is 0.0657. The third-order valence-electron chi connectivity index (χ3n) is 2.87. The van der Waals surface area contributed by atoms with Gasteiger partial charge in [-0.3, -0.25) is 0 Å². The first kappa shape index (κ1) is 14.0. The summed E-state index contributed by atoms with van der Waals surface area (Å²) in [6.07, 6.45) is 0. The van der Waals surface area contributed by atoms with Crippen LogP contribution < -0.4 is 0 Å². The molecule has 0 amide bonds. The molecule has 8 nitrogen and oxygen atoms in total. The summed E-state index contributed by atoms with van der Waals surface area (Å²) in [6.45, 7) is 0.0841. The largest absolute Gasteiger partial charge is 0.476 e. The Bertz CT molecular complexity index is 834. The maximum Gasteiger partial charge on any atom is 0.371 e. The number of rotatable bonds is 5. The van der Waals surface area contributed by atoms with E-state index in [-0.39, 0.29) is 18.0 Å². The van der Waals surface area contributed by atoms with Crippen molar-refractivity contribution in [3.05, 3.63) is 46.9 Å². The van der Waals surface area contributed by atoms with Gasteiger partial charge in [0.25, 0.3) is 0 Å². The van der Waals surface area contributed by atoms with Crippen molar-refractivity contribution in [1.29, 1.82) is 0 Å². The molecule has 3 rings (SSSR count). The second-order valence-corrected chi connectivity index (χ2v) is 5.25. The van der Waals surface area contributed by atoms with Gasteiger partial charge in [0, 0.05) is 0 Å². The van der Waals surface area contributed by atoms with E-state index in [2.05, 4.69) is 10.3 Å². The van der Waals surface area contributed by atoms with Crippen LogP contribution in [0.5, 0.6) is 0 Å². The number of nitrogens with zero attached hydrogens (tertiary/aromatic N) is 3.